The Morgan fingerprint density at radius 3 is 2.27 bits per heavy atom. The van der Waals surface area contributed by atoms with Crippen molar-refractivity contribution < 1.29 is 38.1 Å². The van der Waals surface area contributed by atoms with Crippen LogP contribution < -0.4 is 16.0 Å². The number of anilines is 2. The molecule has 1 aromatic rings. The van der Waals surface area contributed by atoms with Gasteiger partial charge in [0.25, 0.3) is 5.79 Å². The first-order valence-corrected chi connectivity index (χ1v) is 10.2. The first-order valence-electron chi connectivity index (χ1n) is 10.2. The Labute approximate surface area is 191 Å². The summed E-state index contributed by atoms with van der Waals surface area (Å²) in [5, 5.41) is 8.54. The second-order valence-corrected chi connectivity index (χ2v) is 8.49. The van der Waals surface area contributed by atoms with Crippen LogP contribution in [0.15, 0.2) is 30.0 Å². The summed E-state index contributed by atoms with van der Waals surface area (Å²) in [6.07, 6.45) is 0.589. The van der Waals surface area contributed by atoms with Crippen LogP contribution in [0.25, 0.3) is 0 Å². The van der Waals surface area contributed by atoms with E-state index in [1.807, 2.05) is 0 Å². The van der Waals surface area contributed by atoms with E-state index in [0.717, 1.165) is 6.20 Å². The molecule has 1 aromatic carbocycles. The van der Waals surface area contributed by atoms with Crippen LogP contribution in [0.4, 0.5) is 16.2 Å². The maximum atomic E-state index is 12.1. The van der Waals surface area contributed by atoms with Crippen LogP contribution in [0.5, 0.6) is 0 Å². The zero-order chi connectivity index (χ0) is 24.8. The molecule has 1 saturated heterocycles. The Bertz CT molecular complexity index is 941. The molecule has 11 nitrogen and oxygen atoms in total. The van der Waals surface area contributed by atoms with E-state index < -0.39 is 35.4 Å². The van der Waals surface area contributed by atoms with E-state index >= 15 is 0 Å². The van der Waals surface area contributed by atoms with E-state index in [-0.39, 0.29) is 17.7 Å². The molecule has 11 heteroatoms. The number of ether oxygens (including phenoxy) is 4. The van der Waals surface area contributed by atoms with Gasteiger partial charge in [0.05, 0.1) is 24.0 Å². The van der Waals surface area contributed by atoms with Gasteiger partial charge in [-0.3, -0.25) is 0 Å². The van der Waals surface area contributed by atoms with Crippen LogP contribution in [0.1, 0.15) is 45.0 Å². The number of hydrogen-bond donors (Lipinski definition) is 3. The summed E-state index contributed by atoms with van der Waals surface area (Å²) in [5.41, 5.74) is 0.195. The molecule has 0 radical (unpaired) electrons. The van der Waals surface area contributed by atoms with Crippen LogP contribution in [-0.4, -0.2) is 55.6 Å². The standard InChI is InChI=1S/C22H29N3O8/c1-21(2,3)33-20(29)24-10-9-23-15-8-7-13(17(26)30-6)11-16(15)25-12-14-18(27)31-22(4,5)32-19(14)28/h7-8,11-12,23,25H,9-10H2,1-6H3,(H,24,29). The third kappa shape index (κ3) is 7.70. The van der Waals surface area contributed by atoms with Gasteiger partial charge in [-0.05, 0) is 39.0 Å². The predicted octanol–water partition coefficient (Wildman–Crippen LogP) is 2.54. The molecule has 33 heavy (non-hydrogen) atoms. The predicted molar refractivity (Wildman–Crippen MR) is 118 cm³/mol. The average molecular weight is 463 g/mol. The molecule has 1 amide bonds. The molecule has 3 N–H and O–H groups in total. The van der Waals surface area contributed by atoms with Crippen molar-refractivity contribution in [1.29, 1.82) is 0 Å². The van der Waals surface area contributed by atoms with Crippen molar-refractivity contribution in [2.24, 2.45) is 0 Å². The Morgan fingerprint density at radius 1 is 1.06 bits per heavy atom. The van der Waals surface area contributed by atoms with Gasteiger partial charge in [-0.2, -0.15) is 0 Å². The highest BCUT2D eigenvalue weighted by atomic mass is 16.7. The number of carbonyl (C=O) groups excluding carboxylic acids is 4. The second kappa shape index (κ2) is 10.2. The Balaban J connectivity index is 2.13. The molecule has 180 valence electrons. The summed E-state index contributed by atoms with van der Waals surface area (Å²) < 4.78 is 20.0. The van der Waals surface area contributed by atoms with E-state index in [2.05, 4.69) is 16.0 Å². The molecular formula is C22H29N3O8. The number of alkyl carbamates (subject to hydrolysis) is 1. The number of rotatable bonds is 7. The quantitative estimate of drug-likeness (QED) is 0.182. The molecule has 0 spiro atoms. The third-order valence-corrected chi connectivity index (χ3v) is 4.04. The van der Waals surface area contributed by atoms with Crippen LogP contribution in [0.2, 0.25) is 0 Å². The summed E-state index contributed by atoms with van der Waals surface area (Å²) in [5.74, 6) is -3.61. The number of cyclic esters (lactones) is 2. The summed E-state index contributed by atoms with van der Waals surface area (Å²) >= 11 is 0. The molecule has 1 aliphatic rings. The van der Waals surface area contributed by atoms with Crippen molar-refractivity contribution in [2.45, 2.75) is 46.0 Å². The molecule has 0 aliphatic carbocycles. The summed E-state index contributed by atoms with van der Waals surface area (Å²) in [6, 6.07) is 4.64. The number of hydrogen-bond acceptors (Lipinski definition) is 10. The lowest BCUT2D eigenvalue weighted by molar-refractivity contribution is -0.222. The maximum absolute atomic E-state index is 12.1. The topological polar surface area (TPSA) is 141 Å². The number of methoxy groups -OCH3 is 1. The molecule has 0 aromatic heterocycles. The largest absolute Gasteiger partial charge is 0.465 e. The molecule has 0 unspecified atom stereocenters. The molecule has 1 aliphatic heterocycles. The van der Waals surface area contributed by atoms with E-state index in [9.17, 15) is 19.2 Å². The molecular weight excluding hydrogens is 434 g/mol. The molecule has 0 bridgehead atoms. The highest BCUT2D eigenvalue weighted by Crippen LogP contribution is 2.26. The zero-order valence-electron chi connectivity index (χ0n) is 19.5. The monoisotopic (exact) mass is 463 g/mol. The van der Waals surface area contributed by atoms with Gasteiger partial charge in [0.1, 0.15) is 5.60 Å². The van der Waals surface area contributed by atoms with Gasteiger partial charge in [-0.15, -0.1) is 0 Å². The molecule has 0 saturated carbocycles. The van der Waals surface area contributed by atoms with Gasteiger partial charge >= 0.3 is 24.0 Å². The van der Waals surface area contributed by atoms with Crippen LogP contribution in [-0.2, 0) is 28.5 Å². The highest BCUT2D eigenvalue weighted by Gasteiger charge is 2.39. The minimum absolute atomic E-state index is 0.241. The first kappa shape index (κ1) is 25.5. The molecule has 2 rings (SSSR count). The van der Waals surface area contributed by atoms with Gasteiger partial charge in [0.15, 0.2) is 5.57 Å². The maximum Gasteiger partial charge on any atom is 0.407 e. The third-order valence-electron chi connectivity index (χ3n) is 4.04. The lowest BCUT2D eigenvalue weighted by atomic mass is 10.1. The summed E-state index contributed by atoms with van der Waals surface area (Å²) in [4.78, 5) is 48.0. The van der Waals surface area contributed by atoms with Crippen molar-refractivity contribution in [3.63, 3.8) is 0 Å². The smallest absolute Gasteiger partial charge is 0.407 e. The van der Waals surface area contributed by atoms with Gasteiger partial charge in [0, 0.05) is 33.1 Å². The van der Waals surface area contributed by atoms with E-state index in [1.54, 1.807) is 32.9 Å². The van der Waals surface area contributed by atoms with E-state index in [4.69, 9.17) is 18.9 Å². The Kier molecular flexibility index (Phi) is 7.91. The van der Waals surface area contributed by atoms with E-state index in [1.165, 1.54) is 27.0 Å². The number of benzene rings is 1. The minimum Gasteiger partial charge on any atom is -0.465 e. The highest BCUT2D eigenvalue weighted by molar-refractivity contribution is 6.15. The van der Waals surface area contributed by atoms with Gasteiger partial charge in [-0.25, -0.2) is 19.2 Å². The Hall–Kier alpha value is -3.76. The van der Waals surface area contributed by atoms with Crippen molar-refractivity contribution in [2.75, 3.05) is 30.8 Å². The number of amides is 1. The lowest BCUT2D eigenvalue weighted by Crippen LogP contribution is -2.42. The van der Waals surface area contributed by atoms with Crippen molar-refractivity contribution in [1.82, 2.24) is 5.32 Å². The zero-order valence-corrected chi connectivity index (χ0v) is 19.5. The van der Waals surface area contributed by atoms with Crippen LogP contribution >= 0.6 is 0 Å². The van der Waals surface area contributed by atoms with Crippen LogP contribution in [0.3, 0.4) is 0 Å². The van der Waals surface area contributed by atoms with E-state index in [0.29, 0.717) is 17.9 Å². The van der Waals surface area contributed by atoms with Crippen molar-refractivity contribution >= 4 is 35.4 Å². The Morgan fingerprint density at radius 2 is 1.70 bits per heavy atom. The fourth-order valence-electron chi connectivity index (χ4n) is 2.67. The summed E-state index contributed by atoms with van der Waals surface area (Å²) in [7, 11) is 1.25. The first-order chi connectivity index (χ1) is 15.3. The van der Waals surface area contributed by atoms with Crippen LogP contribution in [0, 0.1) is 0 Å². The number of nitrogens with one attached hydrogen (secondary N) is 3. The van der Waals surface area contributed by atoms with Gasteiger partial charge < -0.3 is 34.9 Å². The normalized spacial score (nSPS) is 15.0. The lowest BCUT2D eigenvalue weighted by Gasteiger charge is -2.29. The van der Waals surface area contributed by atoms with Crippen molar-refractivity contribution in [3.8, 4) is 0 Å². The molecule has 1 fully saturated rings. The van der Waals surface area contributed by atoms with Crippen molar-refractivity contribution in [3.05, 3.63) is 35.5 Å². The SMILES string of the molecule is COC(=O)c1ccc(NCCNC(=O)OC(C)(C)C)c(NC=C2C(=O)OC(C)(C)OC2=O)c1. The molecule has 1 heterocycles. The fraction of sp³-hybridized carbons (Fsp3) is 0.455. The summed E-state index contributed by atoms with van der Waals surface area (Å²) in [6.45, 7) is 8.75. The number of esters is 3. The fourth-order valence-corrected chi connectivity index (χ4v) is 2.67. The van der Waals surface area contributed by atoms with Gasteiger partial charge in [-0.1, -0.05) is 0 Å². The second-order valence-electron chi connectivity index (χ2n) is 8.49. The minimum atomic E-state index is -1.36. The number of carbonyl (C=O) groups is 4. The average Bonchev–Trinajstić information content (AvgIpc) is 2.68. The van der Waals surface area contributed by atoms with Gasteiger partial charge in [0.2, 0.25) is 0 Å². The molecule has 0 atom stereocenters.